The van der Waals surface area contributed by atoms with E-state index in [1.165, 1.54) is 0 Å². The van der Waals surface area contributed by atoms with E-state index >= 15 is 0 Å². The van der Waals surface area contributed by atoms with Gasteiger partial charge < -0.3 is 19.8 Å². The van der Waals surface area contributed by atoms with Gasteiger partial charge in [0.15, 0.2) is 0 Å². The fourth-order valence-corrected chi connectivity index (χ4v) is 4.61. The summed E-state index contributed by atoms with van der Waals surface area (Å²) in [5.74, 6) is 0.815. The van der Waals surface area contributed by atoms with E-state index in [1.54, 1.807) is 13.2 Å². The van der Waals surface area contributed by atoms with E-state index in [-0.39, 0.29) is 36.3 Å². The topological polar surface area (TPSA) is 94.1 Å². The van der Waals surface area contributed by atoms with Crippen LogP contribution in [0.4, 0.5) is 0 Å². The van der Waals surface area contributed by atoms with Gasteiger partial charge in [-0.2, -0.15) is 0 Å². The molecule has 7 nitrogen and oxygen atoms in total. The van der Waals surface area contributed by atoms with Crippen molar-refractivity contribution in [3.8, 4) is 11.5 Å². The van der Waals surface area contributed by atoms with Crippen LogP contribution in [-0.2, 0) is 4.79 Å². The molecule has 0 spiro atoms. The van der Waals surface area contributed by atoms with Crippen LogP contribution >= 0.6 is 0 Å². The number of carbonyl (C=O) groups is 1. The number of hydrogen-bond acceptors (Lipinski definition) is 6. The van der Waals surface area contributed by atoms with Gasteiger partial charge >= 0.3 is 0 Å². The zero-order valence-electron chi connectivity index (χ0n) is 16.6. The molecule has 0 aliphatic carbocycles. The molecule has 0 radical (unpaired) electrons. The van der Waals surface area contributed by atoms with Crippen LogP contribution in [0, 0.1) is 12.8 Å². The third-order valence-electron chi connectivity index (χ3n) is 5.92. The minimum absolute atomic E-state index is 0.00147. The van der Waals surface area contributed by atoms with Gasteiger partial charge in [0.25, 0.3) is 0 Å². The average Bonchev–Trinajstić information content (AvgIpc) is 3.27. The van der Waals surface area contributed by atoms with Gasteiger partial charge in [-0.25, -0.2) is 10.9 Å². The highest BCUT2D eigenvalue weighted by atomic mass is 16.5. The van der Waals surface area contributed by atoms with Crippen molar-refractivity contribution in [2.24, 2.45) is 5.92 Å². The van der Waals surface area contributed by atoms with Gasteiger partial charge in [-0.1, -0.05) is 29.8 Å². The number of hydrogen-bond donors (Lipinski definition) is 4. The van der Waals surface area contributed by atoms with Crippen LogP contribution < -0.4 is 15.6 Å². The Morgan fingerprint density at radius 2 is 1.93 bits per heavy atom. The van der Waals surface area contributed by atoms with E-state index in [4.69, 9.17) is 4.74 Å². The molecular formula is C22H27N3O4. The third kappa shape index (κ3) is 3.46. The second-order valence-corrected chi connectivity index (χ2v) is 7.71. The van der Waals surface area contributed by atoms with Crippen molar-refractivity contribution in [3.63, 3.8) is 0 Å². The van der Waals surface area contributed by atoms with Gasteiger partial charge in [0.1, 0.15) is 17.5 Å². The fraction of sp³-hybridized carbons (Fsp3) is 0.409. The smallest absolute Gasteiger partial charge is 0.242 e. The first kappa shape index (κ1) is 19.7. The molecule has 1 amide bonds. The van der Waals surface area contributed by atoms with Crippen molar-refractivity contribution in [1.82, 2.24) is 15.8 Å². The van der Waals surface area contributed by atoms with Gasteiger partial charge in [-0.15, -0.1) is 0 Å². The fourth-order valence-electron chi connectivity index (χ4n) is 4.61. The van der Waals surface area contributed by atoms with Crippen LogP contribution in [0.25, 0.3) is 0 Å². The number of phenols is 1. The highest BCUT2D eigenvalue weighted by molar-refractivity contribution is 5.86. The summed E-state index contributed by atoms with van der Waals surface area (Å²) in [6.45, 7) is 2.48. The molecule has 7 heteroatoms. The van der Waals surface area contributed by atoms with E-state index in [0.717, 1.165) is 22.4 Å². The maximum Gasteiger partial charge on any atom is 0.242 e. The Balaban J connectivity index is 1.78. The molecular weight excluding hydrogens is 370 g/mol. The predicted molar refractivity (Wildman–Crippen MR) is 108 cm³/mol. The summed E-state index contributed by atoms with van der Waals surface area (Å²) < 4.78 is 5.40. The van der Waals surface area contributed by atoms with Gasteiger partial charge in [0, 0.05) is 24.6 Å². The number of ether oxygens (including phenoxy) is 1. The number of nitrogens with one attached hydrogen (secondary N) is 2. The molecule has 2 aliphatic heterocycles. The molecule has 2 heterocycles. The van der Waals surface area contributed by atoms with Crippen molar-refractivity contribution >= 4 is 5.91 Å². The zero-order valence-corrected chi connectivity index (χ0v) is 16.6. The zero-order chi connectivity index (χ0) is 20.5. The van der Waals surface area contributed by atoms with Gasteiger partial charge in [-0.05, 0) is 37.1 Å². The van der Waals surface area contributed by atoms with Gasteiger partial charge in [0.05, 0.1) is 19.2 Å². The standard InChI is InChI=1S/C22H27N3O4/c1-13-7-8-17(27)16(11-13)19-18-20(24-23-19)22(28)25(9-4-10-26)21(18)14-5-3-6-15(12-14)29-2/h3,5-8,11-12,18-21,23-24,26-27H,4,9-10H2,1-2H3. The largest absolute Gasteiger partial charge is 0.508 e. The van der Waals surface area contributed by atoms with Crippen molar-refractivity contribution in [1.29, 1.82) is 0 Å². The van der Waals surface area contributed by atoms with Gasteiger partial charge in [0.2, 0.25) is 5.91 Å². The number of aliphatic hydroxyl groups excluding tert-OH is 1. The molecule has 154 valence electrons. The van der Waals surface area contributed by atoms with E-state index in [2.05, 4.69) is 10.9 Å². The predicted octanol–water partition coefficient (Wildman–Crippen LogP) is 1.81. The lowest BCUT2D eigenvalue weighted by molar-refractivity contribution is -0.130. The number of aromatic hydroxyl groups is 1. The number of aryl methyl sites for hydroxylation is 1. The molecule has 0 saturated carbocycles. The third-order valence-corrected chi connectivity index (χ3v) is 5.92. The molecule has 29 heavy (non-hydrogen) atoms. The molecule has 4 N–H and O–H groups in total. The number of likely N-dealkylation sites (tertiary alicyclic amines) is 1. The van der Waals surface area contributed by atoms with Crippen LogP contribution in [0.5, 0.6) is 11.5 Å². The molecule has 4 atom stereocenters. The van der Waals surface area contributed by atoms with E-state index in [1.807, 2.05) is 48.2 Å². The Bertz CT molecular complexity index is 903. The van der Waals surface area contributed by atoms with Gasteiger partial charge in [-0.3, -0.25) is 4.79 Å². The van der Waals surface area contributed by atoms with Crippen LogP contribution in [0.3, 0.4) is 0 Å². The number of nitrogens with zero attached hydrogens (tertiary/aromatic N) is 1. The molecule has 4 unspecified atom stereocenters. The van der Waals surface area contributed by atoms with Crippen molar-refractivity contribution < 1.29 is 19.7 Å². The summed E-state index contributed by atoms with van der Waals surface area (Å²) in [5.41, 5.74) is 9.19. The molecule has 2 aromatic rings. The van der Waals surface area contributed by atoms with Crippen LogP contribution in [0.2, 0.25) is 0 Å². The minimum atomic E-state index is -0.408. The quantitative estimate of drug-likeness (QED) is 0.594. The highest BCUT2D eigenvalue weighted by Crippen LogP contribution is 2.49. The Morgan fingerprint density at radius 3 is 2.69 bits per heavy atom. The second-order valence-electron chi connectivity index (χ2n) is 7.71. The first-order valence-electron chi connectivity index (χ1n) is 9.91. The monoisotopic (exact) mass is 397 g/mol. The van der Waals surface area contributed by atoms with Crippen LogP contribution in [0.1, 0.15) is 35.2 Å². The van der Waals surface area contributed by atoms with Crippen molar-refractivity contribution in [2.75, 3.05) is 20.3 Å². The Kier molecular flexibility index (Phi) is 5.45. The number of methoxy groups -OCH3 is 1. The summed E-state index contributed by atoms with van der Waals surface area (Å²) in [6.07, 6.45) is 0.513. The molecule has 2 aliphatic rings. The average molecular weight is 397 g/mol. The normalized spacial score (nSPS) is 26.0. The molecule has 0 aromatic heterocycles. The maximum atomic E-state index is 13.2. The van der Waals surface area contributed by atoms with Crippen LogP contribution in [-0.4, -0.2) is 47.3 Å². The molecule has 2 aromatic carbocycles. The molecule has 4 rings (SSSR count). The summed E-state index contributed by atoms with van der Waals surface area (Å²) in [7, 11) is 1.62. The number of aliphatic hydroxyl groups is 1. The molecule has 0 bridgehead atoms. The highest BCUT2D eigenvalue weighted by Gasteiger charge is 2.55. The number of phenolic OH excluding ortho intramolecular Hbond substituents is 1. The Hall–Kier alpha value is -2.61. The summed E-state index contributed by atoms with van der Waals surface area (Å²) in [5, 5.41) is 19.8. The molecule has 2 saturated heterocycles. The lowest BCUT2D eigenvalue weighted by Crippen LogP contribution is -2.41. The van der Waals surface area contributed by atoms with E-state index in [0.29, 0.717) is 13.0 Å². The summed E-state index contributed by atoms with van der Waals surface area (Å²) in [6, 6.07) is 12.4. The number of benzene rings is 2. The number of amides is 1. The summed E-state index contributed by atoms with van der Waals surface area (Å²) in [4.78, 5) is 15.0. The number of carbonyl (C=O) groups excluding carboxylic acids is 1. The molecule has 2 fully saturated rings. The minimum Gasteiger partial charge on any atom is -0.508 e. The maximum absolute atomic E-state index is 13.2. The Labute approximate surface area is 170 Å². The number of hydrazine groups is 1. The summed E-state index contributed by atoms with van der Waals surface area (Å²) >= 11 is 0. The van der Waals surface area contributed by atoms with Crippen molar-refractivity contribution in [2.45, 2.75) is 31.5 Å². The van der Waals surface area contributed by atoms with Crippen LogP contribution in [0.15, 0.2) is 42.5 Å². The Morgan fingerprint density at radius 1 is 1.14 bits per heavy atom. The van der Waals surface area contributed by atoms with E-state index in [9.17, 15) is 15.0 Å². The number of fused-ring (bicyclic) bond motifs is 1. The number of rotatable bonds is 6. The SMILES string of the molecule is COc1cccc(C2C3C(NNC3c3cc(C)ccc3O)C(=O)N2CCCO)c1. The second kappa shape index (κ2) is 8.02. The van der Waals surface area contributed by atoms with E-state index < -0.39 is 6.04 Å². The van der Waals surface area contributed by atoms with Crippen molar-refractivity contribution in [3.05, 3.63) is 59.2 Å². The lowest BCUT2D eigenvalue weighted by Gasteiger charge is -2.31. The first-order valence-corrected chi connectivity index (χ1v) is 9.91. The lowest BCUT2D eigenvalue weighted by atomic mass is 9.82. The first-order chi connectivity index (χ1) is 14.0.